The van der Waals surface area contributed by atoms with Crippen LogP contribution in [0.25, 0.3) is 0 Å². The van der Waals surface area contributed by atoms with Gasteiger partial charge in [0.1, 0.15) is 18.8 Å². The highest BCUT2D eigenvalue weighted by Gasteiger charge is 2.53. The van der Waals surface area contributed by atoms with Crippen molar-refractivity contribution in [2.24, 2.45) is 0 Å². The summed E-state index contributed by atoms with van der Waals surface area (Å²) in [7, 11) is 0. The Kier molecular flexibility index (Phi) is 12.6. The Labute approximate surface area is 217 Å². The molecule has 1 heterocycles. The quantitative estimate of drug-likeness (QED) is 0.211. The van der Waals surface area contributed by atoms with Crippen LogP contribution in [0, 0.1) is 0 Å². The maximum Gasteiger partial charge on any atom is 0.347 e. The number of hydrogen-bond acceptors (Lipinski definition) is 14. The Balaban J connectivity index is 3.43. The minimum Gasteiger partial charge on any atom is -0.478 e. The van der Waals surface area contributed by atoms with Crippen LogP contribution >= 0.6 is 0 Å². The first-order valence-electron chi connectivity index (χ1n) is 11.2. The van der Waals surface area contributed by atoms with Gasteiger partial charge in [0.2, 0.25) is 12.0 Å². The SMILES string of the molecule is CC(=O)N[C@@H](CO[C@@H]1OC(COC(C)=O)[C@H](OC(C)=O)[C@H](OC(C)=O)C1OC(C)=O)[C@H](OC(C)=O)C(=O)O. The van der Waals surface area contributed by atoms with Gasteiger partial charge in [0.25, 0.3) is 0 Å². The molecule has 16 heteroatoms. The normalized spacial score (nSPS) is 24.1. The lowest BCUT2D eigenvalue weighted by molar-refractivity contribution is -0.309. The lowest BCUT2D eigenvalue weighted by Gasteiger charge is -2.44. The molecule has 0 radical (unpaired) electrons. The molecule has 2 N–H and O–H groups in total. The molecule has 0 aromatic heterocycles. The van der Waals surface area contributed by atoms with Crippen molar-refractivity contribution in [2.45, 2.75) is 84.4 Å². The summed E-state index contributed by atoms with van der Waals surface area (Å²) in [5, 5.41) is 11.8. The first kappa shape index (κ1) is 32.2. The number of ether oxygens (including phenoxy) is 7. The van der Waals surface area contributed by atoms with E-state index in [1.165, 1.54) is 0 Å². The van der Waals surface area contributed by atoms with Crippen LogP contribution < -0.4 is 5.32 Å². The Morgan fingerprint density at radius 1 is 0.763 bits per heavy atom. The summed E-state index contributed by atoms with van der Waals surface area (Å²) >= 11 is 0. The van der Waals surface area contributed by atoms with Crippen molar-refractivity contribution in [3.05, 3.63) is 0 Å². The molecular weight excluding hydrogens is 518 g/mol. The Bertz CT molecular complexity index is 918. The topological polar surface area (TPSA) is 216 Å². The molecule has 214 valence electrons. The minimum atomic E-state index is -1.89. The molecule has 0 spiro atoms. The molecule has 1 fully saturated rings. The van der Waals surface area contributed by atoms with E-state index in [1.807, 2.05) is 0 Å². The summed E-state index contributed by atoms with van der Waals surface area (Å²) in [6, 6.07) is -1.46. The maximum absolute atomic E-state index is 11.9. The highest BCUT2D eigenvalue weighted by atomic mass is 16.7. The Morgan fingerprint density at radius 3 is 1.74 bits per heavy atom. The molecule has 0 aromatic carbocycles. The standard InChI is InChI=1S/C22H31NO15/c1-9(24)23-15(17(21(30)31)34-11(3)26)7-33-22-20(37-14(6)29)19(36-13(5)28)18(35-12(4)27)16(38-22)8-32-10(2)25/h15-20,22H,7-8H2,1-6H3,(H,23,24)(H,30,31)/t15-,16?,17-,18-,19-,20?,22+/m0/s1. The van der Waals surface area contributed by atoms with E-state index >= 15 is 0 Å². The number of amides is 1. The Hall–Kier alpha value is -3.79. The molecular formula is C22H31NO15. The van der Waals surface area contributed by atoms with Crippen molar-refractivity contribution in [1.82, 2.24) is 5.32 Å². The third-order valence-electron chi connectivity index (χ3n) is 4.68. The number of esters is 5. The number of aliphatic carboxylic acids is 1. The fourth-order valence-corrected chi connectivity index (χ4v) is 3.47. The third kappa shape index (κ3) is 10.7. The van der Waals surface area contributed by atoms with E-state index in [2.05, 4.69) is 5.32 Å². The smallest absolute Gasteiger partial charge is 0.347 e. The molecule has 1 rings (SSSR count). The van der Waals surface area contributed by atoms with Crippen molar-refractivity contribution >= 4 is 41.7 Å². The van der Waals surface area contributed by atoms with Gasteiger partial charge >= 0.3 is 35.8 Å². The second kappa shape index (κ2) is 14.8. The number of carbonyl (C=O) groups excluding carboxylic acids is 6. The van der Waals surface area contributed by atoms with Crippen LogP contribution in [0.5, 0.6) is 0 Å². The van der Waals surface area contributed by atoms with Gasteiger partial charge < -0.3 is 43.6 Å². The molecule has 7 atom stereocenters. The number of carboxylic acids is 1. The second-order valence-corrected chi connectivity index (χ2v) is 8.08. The monoisotopic (exact) mass is 549 g/mol. The van der Waals surface area contributed by atoms with E-state index in [9.17, 15) is 38.7 Å². The van der Waals surface area contributed by atoms with Crippen molar-refractivity contribution in [3.8, 4) is 0 Å². The summed E-state index contributed by atoms with van der Waals surface area (Å²) in [4.78, 5) is 81.7. The van der Waals surface area contributed by atoms with Gasteiger partial charge in [0.05, 0.1) is 6.61 Å². The number of carbonyl (C=O) groups is 7. The Morgan fingerprint density at radius 2 is 1.29 bits per heavy atom. The summed E-state index contributed by atoms with van der Waals surface area (Å²) < 4.78 is 36.8. The summed E-state index contributed by atoms with van der Waals surface area (Å²) in [5.74, 6) is -6.57. The summed E-state index contributed by atoms with van der Waals surface area (Å²) in [5.41, 5.74) is 0. The van der Waals surface area contributed by atoms with Crippen molar-refractivity contribution in [2.75, 3.05) is 13.2 Å². The van der Waals surface area contributed by atoms with E-state index in [4.69, 9.17) is 33.2 Å². The third-order valence-corrected chi connectivity index (χ3v) is 4.68. The van der Waals surface area contributed by atoms with Gasteiger partial charge in [-0.1, -0.05) is 0 Å². The fourth-order valence-electron chi connectivity index (χ4n) is 3.47. The molecule has 16 nitrogen and oxygen atoms in total. The van der Waals surface area contributed by atoms with E-state index in [0.717, 1.165) is 41.5 Å². The van der Waals surface area contributed by atoms with Crippen LogP contribution in [0.15, 0.2) is 0 Å². The molecule has 1 saturated heterocycles. The average molecular weight is 549 g/mol. The van der Waals surface area contributed by atoms with Crippen molar-refractivity contribution < 1.29 is 71.8 Å². The molecule has 0 aliphatic carbocycles. The lowest BCUT2D eigenvalue weighted by atomic mass is 9.98. The number of nitrogens with one attached hydrogen (secondary N) is 1. The summed E-state index contributed by atoms with van der Waals surface area (Å²) in [6.07, 6.45) is -9.38. The highest BCUT2D eigenvalue weighted by Crippen LogP contribution is 2.30. The zero-order chi connectivity index (χ0) is 29.2. The van der Waals surface area contributed by atoms with Crippen LogP contribution in [0.3, 0.4) is 0 Å². The average Bonchev–Trinajstić information content (AvgIpc) is 2.75. The first-order chi connectivity index (χ1) is 17.6. The molecule has 0 bridgehead atoms. The lowest BCUT2D eigenvalue weighted by Crippen LogP contribution is -2.63. The zero-order valence-electron chi connectivity index (χ0n) is 21.6. The number of carboxylic acid groups (broad SMARTS) is 1. The van der Waals surface area contributed by atoms with Crippen LogP contribution in [0.2, 0.25) is 0 Å². The van der Waals surface area contributed by atoms with Gasteiger partial charge in [-0.2, -0.15) is 0 Å². The predicted molar refractivity (Wildman–Crippen MR) is 119 cm³/mol. The van der Waals surface area contributed by atoms with Crippen molar-refractivity contribution in [3.63, 3.8) is 0 Å². The zero-order valence-corrected chi connectivity index (χ0v) is 21.6. The van der Waals surface area contributed by atoms with Crippen LogP contribution in [0.1, 0.15) is 41.5 Å². The van der Waals surface area contributed by atoms with Gasteiger partial charge in [-0.05, 0) is 0 Å². The molecule has 2 unspecified atom stereocenters. The second-order valence-electron chi connectivity index (χ2n) is 8.08. The number of hydrogen-bond donors (Lipinski definition) is 2. The first-order valence-corrected chi connectivity index (χ1v) is 11.2. The van der Waals surface area contributed by atoms with E-state index in [0.29, 0.717) is 0 Å². The molecule has 0 aromatic rings. The fraction of sp³-hybridized carbons (Fsp3) is 0.682. The van der Waals surface area contributed by atoms with Crippen LogP contribution in [0.4, 0.5) is 0 Å². The maximum atomic E-state index is 11.9. The molecule has 1 amide bonds. The van der Waals surface area contributed by atoms with Gasteiger partial charge in [-0.3, -0.25) is 28.8 Å². The molecule has 38 heavy (non-hydrogen) atoms. The van der Waals surface area contributed by atoms with E-state index < -0.39 is 97.8 Å². The van der Waals surface area contributed by atoms with E-state index in [-0.39, 0.29) is 0 Å². The van der Waals surface area contributed by atoms with Crippen LogP contribution in [-0.4, -0.2) is 103 Å². The summed E-state index contributed by atoms with van der Waals surface area (Å²) in [6.45, 7) is 5.04. The van der Waals surface area contributed by atoms with Gasteiger partial charge in [0.15, 0.2) is 24.6 Å². The van der Waals surface area contributed by atoms with E-state index in [1.54, 1.807) is 0 Å². The minimum absolute atomic E-state index is 0.516. The predicted octanol–water partition coefficient (Wildman–Crippen LogP) is -1.39. The van der Waals surface area contributed by atoms with Crippen LogP contribution in [-0.2, 0) is 66.7 Å². The van der Waals surface area contributed by atoms with Gasteiger partial charge in [0, 0.05) is 41.5 Å². The number of rotatable bonds is 12. The molecule has 0 saturated carbocycles. The molecule has 1 aliphatic rings. The van der Waals surface area contributed by atoms with Crippen molar-refractivity contribution in [1.29, 1.82) is 0 Å². The van der Waals surface area contributed by atoms with Gasteiger partial charge in [-0.25, -0.2) is 4.79 Å². The molecule has 1 aliphatic heterocycles. The van der Waals surface area contributed by atoms with Gasteiger partial charge in [-0.15, -0.1) is 0 Å². The largest absolute Gasteiger partial charge is 0.478 e. The highest BCUT2D eigenvalue weighted by molar-refractivity contribution is 5.80.